The minimum atomic E-state index is -2.01. The van der Waals surface area contributed by atoms with E-state index in [9.17, 15) is 4.21 Å². The summed E-state index contributed by atoms with van der Waals surface area (Å²) in [4.78, 5) is 0.278. The number of halogens is 1. The summed E-state index contributed by atoms with van der Waals surface area (Å²) in [5.74, 6) is 0.432. The molecular formula is C8H9BrO3S. The Hall–Kier alpha value is -0.390. The molecule has 0 saturated carbocycles. The van der Waals surface area contributed by atoms with E-state index in [1.54, 1.807) is 12.1 Å². The van der Waals surface area contributed by atoms with Crippen LogP contribution in [0.25, 0.3) is 0 Å². The number of hydrogen-bond donors (Lipinski definition) is 1. The Balaban J connectivity index is 3.33. The number of methoxy groups -OCH3 is 1. The van der Waals surface area contributed by atoms with Crippen LogP contribution in [0, 0.1) is 6.92 Å². The third kappa shape index (κ3) is 2.30. The Morgan fingerprint density at radius 3 is 2.62 bits per heavy atom. The van der Waals surface area contributed by atoms with Gasteiger partial charge in [0.05, 0.1) is 7.11 Å². The lowest BCUT2D eigenvalue weighted by molar-refractivity contribution is 0.401. The van der Waals surface area contributed by atoms with E-state index in [0.717, 1.165) is 10.0 Å². The highest BCUT2D eigenvalue weighted by atomic mass is 79.9. The predicted octanol–water partition coefficient (Wildman–Crippen LogP) is 2.35. The molecule has 1 aromatic carbocycles. The summed E-state index contributed by atoms with van der Waals surface area (Å²) in [7, 11) is 1.47. The Morgan fingerprint density at radius 2 is 2.15 bits per heavy atom. The molecule has 1 atom stereocenters. The number of hydrogen-bond acceptors (Lipinski definition) is 2. The molecule has 3 nitrogen and oxygen atoms in total. The van der Waals surface area contributed by atoms with Gasteiger partial charge in [-0.25, -0.2) is 4.21 Å². The van der Waals surface area contributed by atoms with Gasteiger partial charge in [-0.05, 0) is 24.6 Å². The molecule has 1 aromatic rings. The van der Waals surface area contributed by atoms with Gasteiger partial charge in [0.25, 0.3) is 0 Å². The van der Waals surface area contributed by atoms with Crippen LogP contribution >= 0.6 is 15.9 Å². The molecule has 1 N–H and O–H groups in total. The van der Waals surface area contributed by atoms with Gasteiger partial charge in [0.2, 0.25) is 0 Å². The first kappa shape index (κ1) is 10.7. The van der Waals surface area contributed by atoms with E-state index in [1.165, 1.54) is 7.11 Å². The number of benzene rings is 1. The lowest BCUT2D eigenvalue weighted by Gasteiger charge is -2.07. The maximum atomic E-state index is 10.9. The fourth-order valence-electron chi connectivity index (χ4n) is 0.933. The van der Waals surface area contributed by atoms with E-state index in [-0.39, 0.29) is 4.90 Å². The highest BCUT2D eigenvalue weighted by molar-refractivity contribution is 9.10. The maximum Gasteiger partial charge on any atom is 0.190 e. The second-order valence-corrected chi connectivity index (χ2v) is 4.29. The summed E-state index contributed by atoms with van der Waals surface area (Å²) >= 11 is 1.26. The molecule has 1 unspecified atom stereocenters. The van der Waals surface area contributed by atoms with Crippen LogP contribution in [-0.4, -0.2) is 15.9 Å². The first-order valence-corrected chi connectivity index (χ1v) is 5.41. The standard InChI is InChI=1S/C8H9BrO3S/c1-5-3-7(12-2)8(13(10)11)4-6(5)9/h3-4H,1-2H3,(H,10,11). The van der Waals surface area contributed by atoms with Gasteiger partial charge in [0, 0.05) is 4.47 Å². The Morgan fingerprint density at radius 1 is 1.54 bits per heavy atom. The van der Waals surface area contributed by atoms with Crippen LogP contribution in [0.1, 0.15) is 5.56 Å². The lowest BCUT2D eigenvalue weighted by atomic mass is 10.2. The maximum absolute atomic E-state index is 10.9. The Bertz CT molecular complexity index is 351. The van der Waals surface area contributed by atoms with Crippen LogP contribution in [0.3, 0.4) is 0 Å². The van der Waals surface area contributed by atoms with Crippen LogP contribution in [0.15, 0.2) is 21.5 Å². The second kappa shape index (κ2) is 4.21. The van der Waals surface area contributed by atoms with Crippen molar-refractivity contribution in [3.63, 3.8) is 0 Å². The van der Waals surface area contributed by atoms with Crippen LogP contribution in [0.4, 0.5) is 0 Å². The summed E-state index contributed by atoms with van der Waals surface area (Å²) in [6, 6.07) is 3.30. The van der Waals surface area contributed by atoms with Gasteiger partial charge in [-0.15, -0.1) is 0 Å². The molecule has 0 aliphatic heterocycles. The molecule has 0 fully saturated rings. The first-order valence-electron chi connectivity index (χ1n) is 3.51. The first-order chi connectivity index (χ1) is 6.06. The summed E-state index contributed by atoms with van der Waals surface area (Å²) < 4.78 is 25.5. The number of ether oxygens (including phenoxy) is 1. The van der Waals surface area contributed by atoms with Gasteiger partial charge >= 0.3 is 0 Å². The minimum Gasteiger partial charge on any atom is -0.495 e. The SMILES string of the molecule is COc1cc(C)c(Br)cc1S(=O)O. The zero-order chi connectivity index (χ0) is 10.0. The van der Waals surface area contributed by atoms with Crippen LogP contribution < -0.4 is 4.74 Å². The normalized spacial score (nSPS) is 12.6. The van der Waals surface area contributed by atoms with Crippen molar-refractivity contribution in [3.05, 3.63) is 22.2 Å². The molecule has 72 valence electrons. The van der Waals surface area contributed by atoms with Crippen LogP contribution in [-0.2, 0) is 11.1 Å². The molecule has 13 heavy (non-hydrogen) atoms. The molecular weight excluding hydrogens is 256 g/mol. The van der Waals surface area contributed by atoms with Crippen LogP contribution in [0.2, 0.25) is 0 Å². The molecule has 0 radical (unpaired) electrons. The van der Waals surface area contributed by atoms with Crippen molar-refractivity contribution in [1.29, 1.82) is 0 Å². The summed E-state index contributed by atoms with van der Waals surface area (Å²) in [5, 5.41) is 0. The van der Waals surface area contributed by atoms with Gasteiger partial charge < -0.3 is 9.29 Å². The fourth-order valence-corrected chi connectivity index (χ4v) is 1.96. The van der Waals surface area contributed by atoms with Crippen molar-refractivity contribution in [3.8, 4) is 5.75 Å². The van der Waals surface area contributed by atoms with Crippen molar-refractivity contribution in [2.75, 3.05) is 7.11 Å². The van der Waals surface area contributed by atoms with E-state index in [2.05, 4.69) is 15.9 Å². The third-order valence-corrected chi connectivity index (χ3v) is 3.18. The average molecular weight is 265 g/mol. The highest BCUT2D eigenvalue weighted by Gasteiger charge is 2.10. The van der Waals surface area contributed by atoms with E-state index in [1.807, 2.05) is 6.92 Å². The van der Waals surface area contributed by atoms with E-state index in [0.29, 0.717) is 5.75 Å². The molecule has 0 aromatic heterocycles. The lowest BCUT2D eigenvalue weighted by Crippen LogP contribution is -1.95. The average Bonchev–Trinajstić information content (AvgIpc) is 2.08. The topological polar surface area (TPSA) is 46.5 Å². The fraction of sp³-hybridized carbons (Fsp3) is 0.250. The molecule has 1 rings (SSSR count). The molecule has 0 spiro atoms. The van der Waals surface area contributed by atoms with Crippen molar-refractivity contribution in [2.24, 2.45) is 0 Å². The largest absolute Gasteiger partial charge is 0.495 e. The third-order valence-electron chi connectivity index (χ3n) is 1.63. The molecule has 0 saturated heterocycles. The van der Waals surface area contributed by atoms with Crippen molar-refractivity contribution < 1.29 is 13.5 Å². The van der Waals surface area contributed by atoms with E-state index in [4.69, 9.17) is 9.29 Å². The van der Waals surface area contributed by atoms with E-state index >= 15 is 0 Å². The van der Waals surface area contributed by atoms with Gasteiger partial charge in [0.1, 0.15) is 10.6 Å². The van der Waals surface area contributed by atoms with Gasteiger partial charge in [-0.1, -0.05) is 15.9 Å². The Kier molecular flexibility index (Phi) is 3.47. The smallest absolute Gasteiger partial charge is 0.190 e. The monoisotopic (exact) mass is 264 g/mol. The number of aryl methyl sites for hydroxylation is 1. The molecule has 0 bridgehead atoms. The quantitative estimate of drug-likeness (QED) is 0.835. The molecule has 0 aliphatic carbocycles. The molecule has 0 aliphatic rings. The van der Waals surface area contributed by atoms with Crippen LogP contribution in [0.5, 0.6) is 5.75 Å². The highest BCUT2D eigenvalue weighted by Crippen LogP contribution is 2.28. The van der Waals surface area contributed by atoms with Crippen molar-refractivity contribution in [2.45, 2.75) is 11.8 Å². The van der Waals surface area contributed by atoms with Gasteiger partial charge in [-0.2, -0.15) is 0 Å². The van der Waals surface area contributed by atoms with E-state index < -0.39 is 11.1 Å². The zero-order valence-electron chi connectivity index (χ0n) is 7.20. The van der Waals surface area contributed by atoms with Gasteiger partial charge in [-0.3, -0.25) is 0 Å². The molecule has 5 heteroatoms. The predicted molar refractivity (Wildman–Crippen MR) is 54.5 cm³/mol. The minimum absolute atomic E-state index is 0.278. The second-order valence-electron chi connectivity index (χ2n) is 2.50. The van der Waals surface area contributed by atoms with Crippen molar-refractivity contribution in [1.82, 2.24) is 0 Å². The van der Waals surface area contributed by atoms with Gasteiger partial charge in [0.15, 0.2) is 11.1 Å². The molecule has 0 amide bonds. The summed E-state index contributed by atoms with van der Waals surface area (Å²) in [5.41, 5.74) is 0.964. The molecule has 0 heterocycles. The summed E-state index contributed by atoms with van der Waals surface area (Å²) in [6.07, 6.45) is 0. The van der Waals surface area contributed by atoms with Crippen molar-refractivity contribution >= 4 is 27.0 Å². The zero-order valence-corrected chi connectivity index (χ0v) is 9.61. The summed E-state index contributed by atoms with van der Waals surface area (Å²) in [6.45, 7) is 1.89. The Labute approximate surface area is 87.5 Å². The number of rotatable bonds is 2.